The number of carboxylic acid groups (broad SMARTS) is 1. The molecule has 2 aromatic carbocycles. The summed E-state index contributed by atoms with van der Waals surface area (Å²) < 4.78 is 68.8. The van der Waals surface area contributed by atoms with Crippen molar-refractivity contribution >= 4 is 11.9 Å². The Bertz CT molecular complexity index is 1360. The Hall–Kier alpha value is -3.34. The van der Waals surface area contributed by atoms with Crippen LogP contribution >= 0.6 is 0 Å². The van der Waals surface area contributed by atoms with Gasteiger partial charge in [-0.15, -0.1) is 0 Å². The zero-order valence-electron chi connectivity index (χ0n) is 26.8. The van der Waals surface area contributed by atoms with Crippen molar-refractivity contribution in [1.29, 1.82) is 0 Å². The van der Waals surface area contributed by atoms with Crippen LogP contribution in [0.5, 0.6) is 11.5 Å². The summed E-state index contributed by atoms with van der Waals surface area (Å²) in [7, 11) is 1.55. The van der Waals surface area contributed by atoms with E-state index in [0.29, 0.717) is 36.3 Å². The molecule has 1 amide bonds. The molecular weight excluding hydrogens is 592 g/mol. The van der Waals surface area contributed by atoms with E-state index in [2.05, 4.69) is 0 Å². The third-order valence-electron chi connectivity index (χ3n) is 9.33. The molecule has 7 nitrogen and oxygen atoms in total. The lowest BCUT2D eigenvalue weighted by molar-refractivity contribution is -0.147. The first kappa shape index (κ1) is 34.5. The second-order valence-electron chi connectivity index (χ2n) is 13.8. The van der Waals surface area contributed by atoms with Crippen LogP contribution < -0.4 is 9.47 Å². The van der Waals surface area contributed by atoms with Crippen LogP contribution in [0.1, 0.15) is 82.4 Å². The molecule has 45 heavy (non-hydrogen) atoms. The van der Waals surface area contributed by atoms with Crippen molar-refractivity contribution in [2.45, 2.75) is 83.1 Å². The lowest BCUT2D eigenvalue weighted by atomic mass is 9.83. The van der Waals surface area contributed by atoms with E-state index in [9.17, 15) is 27.9 Å². The number of likely N-dealkylation sites (tertiary alicyclic amines) is 2. The second-order valence-corrected chi connectivity index (χ2v) is 13.8. The summed E-state index contributed by atoms with van der Waals surface area (Å²) in [5, 5.41) is 9.40. The summed E-state index contributed by atoms with van der Waals surface area (Å²) in [5.41, 5.74) is -3.21. The quantitative estimate of drug-likeness (QED) is 0.302. The first-order valence-electron chi connectivity index (χ1n) is 15.3. The lowest BCUT2D eigenvalue weighted by Gasteiger charge is -2.38. The van der Waals surface area contributed by atoms with Crippen LogP contribution in [0, 0.1) is 5.41 Å². The van der Waals surface area contributed by atoms with E-state index >= 15 is 4.39 Å². The van der Waals surface area contributed by atoms with E-state index in [0.717, 1.165) is 12.1 Å². The third-order valence-corrected chi connectivity index (χ3v) is 9.33. The summed E-state index contributed by atoms with van der Waals surface area (Å²) in [5.74, 6) is -1.82. The molecule has 0 aromatic heterocycles. The molecular formula is C34H44F4N2O5. The smallest absolute Gasteiger partial charge is 0.416 e. The number of alkyl halides is 4. The Morgan fingerprint density at radius 3 is 2.16 bits per heavy atom. The van der Waals surface area contributed by atoms with Gasteiger partial charge < -0.3 is 19.5 Å². The molecule has 1 N–H and O–H groups in total. The average molecular weight is 637 g/mol. The maximum Gasteiger partial charge on any atom is 0.416 e. The van der Waals surface area contributed by atoms with Crippen LogP contribution in [0.15, 0.2) is 42.5 Å². The van der Waals surface area contributed by atoms with E-state index in [4.69, 9.17) is 9.47 Å². The number of rotatable bonds is 9. The van der Waals surface area contributed by atoms with Crippen LogP contribution in [0.3, 0.4) is 0 Å². The zero-order chi connectivity index (χ0) is 33.4. The minimum absolute atomic E-state index is 0.0461. The Labute approximate surface area is 262 Å². The van der Waals surface area contributed by atoms with E-state index < -0.39 is 40.6 Å². The molecule has 0 spiro atoms. The molecule has 11 heteroatoms. The number of benzene rings is 2. The molecule has 0 saturated carbocycles. The number of aliphatic carboxylic acids is 1. The molecule has 4 rings (SSSR count). The van der Waals surface area contributed by atoms with Crippen molar-refractivity contribution in [3.05, 3.63) is 59.2 Å². The summed E-state index contributed by atoms with van der Waals surface area (Å²) in [4.78, 5) is 29.0. The predicted molar refractivity (Wildman–Crippen MR) is 162 cm³/mol. The van der Waals surface area contributed by atoms with Gasteiger partial charge in [-0.2, -0.15) is 13.2 Å². The van der Waals surface area contributed by atoms with Gasteiger partial charge >= 0.3 is 12.1 Å². The summed E-state index contributed by atoms with van der Waals surface area (Å²) in [6.45, 7) is 9.77. The van der Waals surface area contributed by atoms with Gasteiger partial charge in [0.1, 0.15) is 11.5 Å². The number of hydrogen-bond donors (Lipinski definition) is 1. The third kappa shape index (κ3) is 7.56. The molecule has 2 aliphatic heterocycles. The Morgan fingerprint density at radius 1 is 1.00 bits per heavy atom. The summed E-state index contributed by atoms with van der Waals surface area (Å²) in [6, 6.07) is 10.5. The monoisotopic (exact) mass is 636 g/mol. The molecule has 2 heterocycles. The SMILES string of the molecule is COc1ccc([C@@H]2CN(C(C)(C)C)C[C@@]2(F)C(=O)N2CCC(c3ccc(C(F)(F)F)cc3OCCC(C)(C)C(=O)O)CC2)cc1. The highest BCUT2D eigenvalue weighted by atomic mass is 19.4. The number of nitrogens with zero attached hydrogens (tertiary/aromatic N) is 2. The van der Waals surface area contributed by atoms with Gasteiger partial charge in [0, 0.05) is 37.6 Å². The van der Waals surface area contributed by atoms with Crippen molar-refractivity contribution in [3.63, 3.8) is 0 Å². The minimum Gasteiger partial charge on any atom is -0.497 e. The number of carboxylic acids is 1. The molecule has 2 saturated heterocycles. The molecule has 2 atom stereocenters. The highest BCUT2D eigenvalue weighted by Crippen LogP contribution is 2.45. The zero-order valence-corrected chi connectivity index (χ0v) is 26.8. The number of piperidine rings is 1. The fourth-order valence-corrected chi connectivity index (χ4v) is 6.10. The number of amides is 1. The summed E-state index contributed by atoms with van der Waals surface area (Å²) in [6.07, 6.45) is -3.64. The van der Waals surface area contributed by atoms with E-state index in [1.54, 1.807) is 36.3 Å². The average Bonchev–Trinajstić information content (AvgIpc) is 3.35. The molecule has 0 radical (unpaired) electrons. The molecule has 2 aromatic rings. The number of halogens is 4. The standard InChI is InChI=1S/C34H44F4N2O5/c1-31(2,3)40-20-27(23-7-10-25(44-6)11-8-23)33(35,21-40)29(41)39-16-13-22(14-17-39)26-12-9-24(34(36,37)38)19-28(26)45-18-15-32(4,5)30(42)43/h7-12,19,22,27H,13-18,20-21H2,1-6H3,(H,42,43)/t27-,33-/m0/s1. The molecule has 0 aliphatic carbocycles. The van der Waals surface area contributed by atoms with Crippen LogP contribution in [0.4, 0.5) is 17.6 Å². The van der Waals surface area contributed by atoms with Gasteiger partial charge in [-0.3, -0.25) is 14.5 Å². The fraction of sp³-hybridized carbons (Fsp3) is 0.588. The van der Waals surface area contributed by atoms with E-state index in [-0.39, 0.29) is 49.9 Å². The first-order chi connectivity index (χ1) is 20.9. The van der Waals surface area contributed by atoms with Crippen LogP contribution in [0.2, 0.25) is 0 Å². The van der Waals surface area contributed by atoms with Crippen LogP contribution in [-0.4, -0.2) is 77.9 Å². The van der Waals surface area contributed by atoms with Crippen molar-refractivity contribution in [2.24, 2.45) is 5.41 Å². The second kappa shape index (κ2) is 12.8. The Kier molecular flexibility index (Phi) is 9.83. The highest BCUT2D eigenvalue weighted by molar-refractivity contribution is 5.87. The van der Waals surface area contributed by atoms with Crippen molar-refractivity contribution in [2.75, 3.05) is 39.9 Å². The first-order valence-corrected chi connectivity index (χ1v) is 15.3. The van der Waals surface area contributed by atoms with Gasteiger partial charge in [-0.05, 0) is 95.2 Å². The minimum atomic E-state index is -4.58. The summed E-state index contributed by atoms with van der Waals surface area (Å²) >= 11 is 0. The molecule has 0 unspecified atom stereocenters. The van der Waals surface area contributed by atoms with E-state index in [1.165, 1.54) is 19.9 Å². The van der Waals surface area contributed by atoms with Gasteiger partial charge in [-0.25, -0.2) is 4.39 Å². The normalized spacial score (nSPS) is 22.0. The van der Waals surface area contributed by atoms with Gasteiger partial charge in [0.2, 0.25) is 5.67 Å². The maximum atomic E-state index is 17.1. The Morgan fingerprint density at radius 2 is 1.62 bits per heavy atom. The number of ether oxygens (including phenoxy) is 2. The Balaban J connectivity index is 1.53. The number of carbonyl (C=O) groups excluding carboxylic acids is 1. The molecule has 248 valence electrons. The van der Waals surface area contributed by atoms with E-state index in [1.807, 2.05) is 25.7 Å². The maximum absolute atomic E-state index is 17.1. The van der Waals surface area contributed by atoms with Gasteiger partial charge in [-0.1, -0.05) is 18.2 Å². The van der Waals surface area contributed by atoms with Crippen LogP contribution in [0.25, 0.3) is 0 Å². The highest BCUT2D eigenvalue weighted by Gasteiger charge is 2.57. The van der Waals surface area contributed by atoms with Crippen molar-refractivity contribution < 1.29 is 41.7 Å². The number of hydrogen-bond acceptors (Lipinski definition) is 5. The number of carbonyl (C=O) groups is 2. The van der Waals surface area contributed by atoms with Crippen molar-refractivity contribution in [3.8, 4) is 11.5 Å². The van der Waals surface area contributed by atoms with Crippen molar-refractivity contribution in [1.82, 2.24) is 9.80 Å². The van der Waals surface area contributed by atoms with Crippen LogP contribution in [-0.2, 0) is 15.8 Å². The molecule has 0 bridgehead atoms. The molecule has 2 aliphatic rings. The van der Waals surface area contributed by atoms with Gasteiger partial charge in [0.05, 0.1) is 24.7 Å². The lowest BCUT2D eigenvalue weighted by Crippen LogP contribution is -2.53. The predicted octanol–water partition coefficient (Wildman–Crippen LogP) is 6.91. The topological polar surface area (TPSA) is 79.3 Å². The van der Waals surface area contributed by atoms with Gasteiger partial charge in [0.25, 0.3) is 5.91 Å². The van der Waals surface area contributed by atoms with Gasteiger partial charge in [0.15, 0.2) is 0 Å². The largest absolute Gasteiger partial charge is 0.497 e. The molecule has 2 fully saturated rings. The fourth-order valence-electron chi connectivity index (χ4n) is 6.10. The number of methoxy groups -OCH3 is 1.